The first kappa shape index (κ1) is 34.5. The Hall–Kier alpha value is -7.75. The number of anilines is 2. The molecule has 0 radical (unpaired) electrons. The van der Waals surface area contributed by atoms with Gasteiger partial charge in [-0.05, 0) is 110 Å². The number of fused-ring (bicyclic) bond motifs is 5. The highest BCUT2D eigenvalue weighted by atomic mass is 19.1. The highest BCUT2D eigenvalue weighted by Gasteiger charge is 2.26. The molecule has 0 spiro atoms. The van der Waals surface area contributed by atoms with Crippen LogP contribution in [0.1, 0.15) is 0 Å². The summed E-state index contributed by atoms with van der Waals surface area (Å²) < 4.78 is 17.2. The topological polar surface area (TPSA) is 17.0 Å². The Morgan fingerprint density at radius 2 is 0.915 bits per heavy atom. The summed E-state index contributed by atoms with van der Waals surface area (Å²) in [5, 5.41) is 10.7. The van der Waals surface area contributed by atoms with Gasteiger partial charge in [-0.25, -0.2) is 4.39 Å². The Balaban J connectivity index is 1.41. The number of rotatable bonds is 7. The molecule has 0 saturated carbocycles. The highest BCUT2D eigenvalue weighted by molar-refractivity contribution is 6.28. The van der Waals surface area contributed by atoms with Gasteiger partial charge < -0.3 is 9.88 Å². The molecule has 1 aromatic heterocycles. The van der Waals surface area contributed by atoms with E-state index >= 15 is 0 Å². The Morgan fingerprint density at radius 1 is 0.356 bits per heavy atom. The predicted octanol–water partition coefficient (Wildman–Crippen LogP) is 15.6. The fourth-order valence-corrected chi connectivity index (χ4v) is 9.13. The average Bonchev–Trinajstić information content (AvgIpc) is 3.63. The van der Waals surface area contributed by atoms with Crippen molar-refractivity contribution in [3.63, 3.8) is 0 Å². The molecular formula is C56H37FN2. The molecule has 59 heavy (non-hydrogen) atoms. The molecule has 0 saturated heterocycles. The van der Waals surface area contributed by atoms with Gasteiger partial charge in [-0.3, -0.25) is 0 Å². The van der Waals surface area contributed by atoms with E-state index in [1.807, 2.05) is 18.2 Å². The maximum Gasteiger partial charge on any atom is 0.123 e. The maximum atomic E-state index is 14.8. The van der Waals surface area contributed by atoms with Crippen molar-refractivity contribution < 1.29 is 4.39 Å². The number of benzene rings is 10. The molecule has 1 heterocycles. The van der Waals surface area contributed by atoms with Crippen LogP contribution in [0.3, 0.4) is 0 Å². The zero-order valence-corrected chi connectivity index (χ0v) is 32.1. The van der Waals surface area contributed by atoms with Crippen LogP contribution in [-0.2, 0) is 0 Å². The smallest absolute Gasteiger partial charge is 0.123 e. The Bertz CT molecular complexity index is 3320. The lowest BCUT2D eigenvalue weighted by Crippen LogP contribution is -2.00. The van der Waals surface area contributed by atoms with Gasteiger partial charge in [0.25, 0.3) is 0 Å². The molecule has 0 amide bonds. The lowest BCUT2D eigenvalue weighted by Gasteiger charge is -2.24. The molecule has 0 aliphatic heterocycles. The van der Waals surface area contributed by atoms with Gasteiger partial charge in [-0.1, -0.05) is 164 Å². The van der Waals surface area contributed by atoms with Crippen molar-refractivity contribution in [1.82, 2.24) is 4.57 Å². The molecule has 11 aromatic rings. The third kappa shape index (κ3) is 5.86. The quantitative estimate of drug-likeness (QED) is 0.160. The molecule has 0 unspecified atom stereocenters. The molecule has 3 heteroatoms. The maximum absolute atomic E-state index is 14.8. The fourth-order valence-electron chi connectivity index (χ4n) is 9.13. The third-order valence-corrected chi connectivity index (χ3v) is 11.6. The van der Waals surface area contributed by atoms with Crippen molar-refractivity contribution in [2.24, 2.45) is 0 Å². The number of hydrogen-bond donors (Lipinski definition) is 1. The fraction of sp³-hybridized carbons (Fsp3) is 0. The van der Waals surface area contributed by atoms with Crippen LogP contribution in [-0.4, -0.2) is 4.57 Å². The Kier molecular flexibility index (Phi) is 8.37. The second-order valence-electron chi connectivity index (χ2n) is 15.0. The normalized spacial score (nSPS) is 11.5. The van der Waals surface area contributed by atoms with Crippen molar-refractivity contribution in [2.75, 3.05) is 5.32 Å². The number of para-hydroxylation sites is 3. The van der Waals surface area contributed by atoms with E-state index in [9.17, 15) is 4.39 Å². The molecule has 0 bridgehead atoms. The van der Waals surface area contributed by atoms with E-state index in [-0.39, 0.29) is 5.82 Å². The summed E-state index contributed by atoms with van der Waals surface area (Å²) in [6, 6.07) is 76.2. The molecular weight excluding hydrogens is 720 g/mol. The standard InChI is InChI=1S/C56H37FN2/c57-40-31-29-37(30-32-40)44-33-34-48-52(38-17-5-1-6-18-38)46-26-13-14-27-47(46)53(39-19-7-2-8-20-39)55(48)54(44)50-36-42(58-41-21-9-3-10-22-41)35-49-45-25-15-16-28-51(45)59(56(49)50)43-23-11-4-12-24-43/h1-36,58H. The van der Waals surface area contributed by atoms with E-state index in [2.05, 4.69) is 198 Å². The van der Waals surface area contributed by atoms with Gasteiger partial charge in [-0.15, -0.1) is 0 Å². The third-order valence-electron chi connectivity index (χ3n) is 11.6. The van der Waals surface area contributed by atoms with Gasteiger partial charge in [-0.2, -0.15) is 0 Å². The van der Waals surface area contributed by atoms with Crippen LogP contribution >= 0.6 is 0 Å². The van der Waals surface area contributed by atoms with E-state index in [1.165, 1.54) is 16.3 Å². The van der Waals surface area contributed by atoms with Gasteiger partial charge in [0, 0.05) is 39.0 Å². The van der Waals surface area contributed by atoms with Crippen molar-refractivity contribution in [3.8, 4) is 50.2 Å². The first-order valence-electron chi connectivity index (χ1n) is 20.0. The van der Waals surface area contributed by atoms with Crippen molar-refractivity contribution in [1.29, 1.82) is 0 Å². The SMILES string of the molecule is Fc1ccc(-c2ccc3c(-c4ccccc4)c4ccccc4c(-c4ccccc4)c3c2-c2cc(Nc3ccccc3)cc3c4ccccc4n(-c4ccccc4)c23)cc1. The summed E-state index contributed by atoms with van der Waals surface area (Å²) >= 11 is 0. The first-order chi connectivity index (χ1) is 29.2. The number of hydrogen-bond acceptors (Lipinski definition) is 1. The molecule has 0 atom stereocenters. The Labute approximate surface area is 342 Å². The van der Waals surface area contributed by atoms with E-state index < -0.39 is 0 Å². The second-order valence-corrected chi connectivity index (χ2v) is 15.0. The van der Waals surface area contributed by atoms with Crippen LogP contribution in [0.25, 0.3) is 93.5 Å². The largest absolute Gasteiger partial charge is 0.355 e. The minimum absolute atomic E-state index is 0.265. The Morgan fingerprint density at radius 3 is 1.59 bits per heavy atom. The average molecular weight is 757 g/mol. The summed E-state index contributed by atoms with van der Waals surface area (Å²) in [4.78, 5) is 0. The summed E-state index contributed by atoms with van der Waals surface area (Å²) in [6.07, 6.45) is 0. The minimum Gasteiger partial charge on any atom is -0.355 e. The number of nitrogens with one attached hydrogen (secondary N) is 1. The summed E-state index contributed by atoms with van der Waals surface area (Å²) in [5.41, 5.74) is 14.0. The van der Waals surface area contributed by atoms with Crippen LogP contribution in [0.2, 0.25) is 0 Å². The molecule has 1 N–H and O–H groups in total. The molecule has 278 valence electrons. The van der Waals surface area contributed by atoms with E-state index in [4.69, 9.17) is 0 Å². The molecule has 2 nitrogen and oxygen atoms in total. The first-order valence-corrected chi connectivity index (χ1v) is 20.0. The van der Waals surface area contributed by atoms with Gasteiger partial charge >= 0.3 is 0 Å². The van der Waals surface area contributed by atoms with Gasteiger partial charge in [0.1, 0.15) is 5.82 Å². The zero-order valence-electron chi connectivity index (χ0n) is 32.1. The molecule has 0 aliphatic rings. The van der Waals surface area contributed by atoms with Crippen molar-refractivity contribution in [2.45, 2.75) is 0 Å². The van der Waals surface area contributed by atoms with E-state index in [0.29, 0.717) is 0 Å². The molecule has 0 fully saturated rings. The monoisotopic (exact) mass is 756 g/mol. The lowest BCUT2D eigenvalue weighted by molar-refractivity contribution is 0.628. The highest BCUT2D eigenvalue weighted by Crippen LogP contribution is 2.52. The number of nitrogens with zero attached hydrogens (tertiary/aromatic N) is 1. The predicted molar refractivity (Wildman–Crippen MR) is 247 cm³/mol. The van der Waals surface area contributed by atoms with Crippen LogP contribution < -0.4 is 5.32 Å². The van der Waals surface area contributed by atoms with Gasteiger partial charge in [0.15, 0.2) is 0 Å². The molecule has 0 aliphatic carbocycles. The molecule has 11 rings (SSSR count). The van der Waals surface area contributed by atoms with E-state index in [0.717, 1.165) is 88.6 Å². The summed E-state index contributed by atoms with van der Waals surface area (Å²) in [6.45, 7) is 0. The number of aromatic nitrogens is 1. The van der Waals surface area contributed by atoms with E-state index in [1.54, 1.807) is 12.1 Å². The van der Waals surface area contributed by atoms with Gasteiger partial charge in [0.05, 0.1) is 11.0 Å². The van der Waals surface area contributed by atoms with Crippen LogP contribution in [0.15, 0.2) is 218 Å². The van der Waals surface area contributed by atoms with Crippen molar-refractivity contribution >= 4 is 54.7 Å². The summed E-state index contributed by atoms with van der Waals surface area (Å²) in [7, 11) is 0. The van der Waals surface area contributed by atoms with Crippen LogP contribution in [0, 0.1) is 5.82 Å². The van der Waals surface area contributed by atoms with Crippen LogP contribution in [0.4, 0.5) is 15.8 Å². The van der Waals surface area contributed by atoms with Gasteiger partial charge in [0.2, 0.25) is 0 Å². The summed E-state index contributed by atoms with van der Waals surface area (Å²) in [5.74, 6) is -0.265. The minimum atomic E-state index is -0.265. The second kappa shape index (κ2) is 14.3. The molecule has 10 aromatic carbocycles. The van der Waals surface area contributed by atoms with Crippen LogP contribution in [0.5, 0.6) is 0 Å². The van der Waals surface area contributed by atoms with Crippen molar-refractivity contribution in [3.05, 3.63) is 224 Å². The zero-order chi connectivity index (χ0) is 39.3. The lowest BCUT2D eigenvalue weighted by atomic mass is 9.80. The number of halogens is 1.